The van der Waals surface area contributed by atoms with E-state index >= 15 is 0 Å². The summed E-state index contributed by atoms with van der Waals surface area (Å²) in [5.74, 6) is 1.64. The van der Waals surface area contributed by atoms with Gasteiger partial charge in [-0.15, -0.1) is 0 Å². The number of furan rings is 1. The number of hydrogen-bond acceptors (Lipinski definition) is 6. The first-order valence-corrected chi connectivity index (χ1v) is 7.86. The number of fused-ring (bicyclic) bond motifs is 2. The summed E-state index contributed by atoms with van der Waals surface area (Å²) in [6.07, 6.45) is 0. The van der Waals surface area contributed by atoms with Crippen LogP contribution in [0.15, 0.2) is 46.9 Å². The Kier molecular flexibility index (Phi) is 3.08. The maximum atomic E-state index is 11.4. The van der Waals surface area contributed by atoms with Gasteiger partial charge in [-0.25, -0.2) is 4.79 Å². The molecule has 1 N–H and O–H groups in total. The van der Waals surface area contributed by atoms with E-state index in [2.05, 4.69) is 0 Å². The summed E-state index contributed by atoms with van der Waals surface area (Å²) in [7, 11) is 0. The first kappa shape index (κ1) is 14.7. The van der Waals surface area contributed by atoms with Gasteiger partial charge in [0.15, 0.2) is 23.0 Å². The Morgan fingerprint density at radius 3 is 2.00 bits per heavy atom. The summed E-state index contributed by atoms with van der Waals surface area (Å²) < 4.78 is 27.1. The van der Waals surface area contributed by atoms with Gasteiger partial charge in [-0.05, 0) is 42.0 Å². The molecule has 3 aromatic rings. The van der Waals surface area contributed by atoms with E-state index in [1.54, 1.807) is 30.3 Å². The van der Waals surface area contributed by atoms with E-state index in [4.69, 9.17) is 23.4 Å². The summed E-state index contributed by atoms with van der Waals surface area (Å²) in [5, 5.41) is 9.34. The highest BCUT2D eigenvalue weighted by atomic mass is 16.7. The van der Waals surface area contributed by atoms with Crippen LogP contribution in [0.3, 0.4) is 0 Å². The summed E-state index contributed by atoms with van der Waals surface area (Å²) in [5.41, 5.74) is 2.09. The minimum absolute atomic E-state index is 0.148. The highest BCUT2D eigenvalue weighted by Crippen LogP contribution is 2.43. The second kappa shape index (κ2) is 5.45. The summed E-state index contributed by atoms with van der Waals surface area (Å²) in [6, 6.07) is 12.3. The molecule has 0 amide bonds. The van der Waals surface area contributed by atoms with Crippen LogP contribution in [0.4, 0.5) is 0 Å². The maximum absolute atomic E-state index is 11.4. The third kappa shape index (κ3) is 2.25. The standard InChI is InChI=1S/C19H12O7/c20-19(21)17-7-12(10-1-3-13-15(5-10)24-8-22-13)18(26-17)11-2-4-14-16(6-11)25-9-23-14/h1-7H,8-9H2,(H,20,21). The van der Waals surface area contributed by atoms with Crippen LogP contribution in [0.25, 0.3) is 22.5 Å². The van der Waals surface area contributed by atoms with E-state index < -0.39 is 5.97 Å². The van der Waals surface area contributed by atoms with Gasteiger partial charge < -0.3 is 28.5 Å². The molecule has 0 saturated carbocycles. The van der Waals surface area contributed by atoms with Crippen molar-refractivity contribution in [2.24, 2.45) is 0 Å². The largest absolute Gasteiger partial charge is 0.475 e. The van der Waals surface area contributed by atoms with E-state index in [0.717, 1.165) is 5.56 Å². The van der Waals surface area contributed by atoms with Crippen LogP contribution in [0, 0.1) is 0 Å². The molecule has 7 nitrogen and oxygen atoms in total. The number of carboxylic acid groups (broad SMARTS) is 1. The Morgan fingerprint density at radius 2 is 1.35 bits per heavy atom. The van der Waals surface area contributed by atoms with Crippen LogP contribution in [0.2, 0.25) is 0 Å². The van der Waals surface area contributed by atoms with Crippen LogP contribution >= 0.6 is 0 Å². The Bertz CT molecular complexity index is 959. The zero-order valence-electron chi connectivity index (χ0n) is 13.4. The van der Waals surface area contributed by atoms with Crippen molar-refractivity contribution in [1.29, 1.82) is 0 Å². The molecule has 0 atom stereocenters. The molecule has 2 aliphatic heterocycles. The molecule has 5 rings (SSSR count). The molecule has 130 valence electrons. The van der Waals surface area contributed by atoms with Crippen LogP contribution in [-0.2, 0) is 0 Å². The zero-order valence-corrected chi connectivity index (χ0v) is 13.4. The topological polar surface area (TPSA) is 87.4 Å². The third-order valence-corrected chi connectivity index (χ3v) is 4.26. The molecule has 1 aromatic heterocycles. The predicted octanol–water partition coefficient (Wildman–Crippen LogP) is 3.77. The minimum Gasteiger partial charge on any atom is -0.475 e. The minimum atomic E-state index is -1.14. The number of ether oxygens (including phenoxy) is 4. The first-order chi connectivity index (χ1) is 12.7. The van der Waals surface area contributed by atoms with Crippen LogP contribution < -0.4 is 18.9 Å². The van der Waals surface area contributed by atoms with E-state index in [1.165, 1.54) is 6.07 Å². The van der Waals surface area contributed by atoms with Gasteiger partial charge in [-0.1, -0.05) is 6.07 Å². The molecule has 26 heavy (non-hydrogen) atoms. The van der Waals surface area contributed by atoms with Crippen molar-refractivity contribution in [2.75, 3.05) is 13.6 Å². The van der Waals surface area contributed by atoms with Crippen LogP contribution in [0.5, 0.6) is 23.0 Å². The van der Waals surface area contributed by atoms with E-state index in [1.807, 2.05) is 6.07 Å². The second-order valence-electron chi connectivity index (χ2n) is 5.79. The summed E-state index contributed by atoms with van der Waals surface area (Å²) in [6.45, 7) is 0.325. The number of benzene rings is 2. The van der Waals surface area contributed by atoms with Gasteiger partial charge in [0.2, 0.25) is 19.3 Å². The summed E-state index contributed by atoms with van der Waals surface area (Å²) >= 11 is 0. The lowest BCUT2D eigenvalue weighted by atomic mass is 10.0. The molecule has 3 heterocycles. The average molecular weight is 352 g/mol. The second-order valence-corrected chi connectivity index (χ2v) is 5.79. The van der Waals surface area contributed by atoms with Gasteiger partial charge in [-0.2, -0.15) is 0 Å². The molecule has 0 fully saturated rings. The van der Waals surface area contributed by atoms with Crippen LogP contribution in [0.1, 0.15) is 10.6 Å². The van der Waals surface area contributed by atoms with Crippen molar-refractivity contribution in [3.05, 3.63) is 48.2 Å². The van der Waals surface area contributed by atoms with Gasteiger partial charge in [0.05, 0.1) is 0 Å². The Hall–Kier alpha value is -3.61. The van der Waals surface area contributed by atoms with Gasteiger partial charge in [0.1, 0.15) is 5.76 Å². The highest BCUT2D eigenvalue weighted by Gasteiger charge is 2.23. The van der Waals surface area contributed by atoms with Crippen molar-refractivity contribution >= 4 is 5.97 Å². The van der Waals surface area contributed by atoms with Crippen molar-refractivity contribution in [3.63, 3.8) is 0 Å². The lowest BCUT2D eigenvalue weighted by Gasteiger charge is -2.05. The fourth-order valence-corrected chi connectivity index (χ4v) is 3.03. The molecular formula is C19H12O7. The molecule has 0 saturated heterocycles. The van der Waals surface area contributed by atoms with E-state index in [0.29, 0.717) is 39.9 Å². The van der Waals surface area contributed by atoms with Gasteiger partial charge in [-0.3, -0.25) is 0 Å². The molecule has 0 spiro atoms. The SMILES string of the molecule is O=C(O)c1cc(-c2ccc3c(c2)OCO3)c(-c2ccc3c(c2)OCO3)o1. The molecule has 7 heteroatoms. The van der Waals surface area contributed by atoms with Crippen LogP contribution in [-0.4, -0.2) is 24.7 Å². The average Bonchev–Trinajstić information content (AvgIpc) is 3.38. The van der Waals surface area contributed by atoms with Gasteiger partial charge >= 0.3 is 5.97 Å². The lowest BCUT2D eigenvalue weighted by Crippen LogP contribution is -1.92. The normalized spacial score (nSPS) is 13.8. The molecule has 0 radical (unpaired) electrons. The quantitative estimate of drug-likeness (QED) is 0.768. The number of aromatic carboxylic acids is 1. The number of carboxylic acids is 1. The molecule has 2 aromatic carbocycles. The zero-order chi connectivity index (χ0) is 17.7. The lowest BCUT2D eigenvalue weighted by molar-refractivity contribution is 0.0663. The molecule has 0 unspecified atom stereocenters. The van der Waals surface area contributed by atoms with E-state index in [9.17, 15) is 9.90 Å². The van der Waals surface area contributed by atoms with Crippen molar-refractivity contribution in [1.82, 2.24) is 0 Å². The predicted molar refractivity (Wildman–Crippen MR) is 88.8 cm³/mol. The molecule has 0 aliphatic carbocycles. The van der Waals surface area contributed by atoms with Gasteiger partial charge in [0.25, 0.3) is 0 Å². The van der Waals surface area contributed by atoms with Crippen molar-refractivity contribution in [2.45, 2.75) is 0 Å². The first-order valence-electron chi connectivity index (χ1n) is 7.86. The monoisotopic (exact) mass is 352 g/mol. The Labute approximate surface area is 147 Å². The fourth-order valence-electron chi connectivity index (χ4n) is 3.03. The molecular weight excluding hydrogens is 340 g/mol. The summed E-state index contributed by atoms with van der Waals surface area (Å²) in [4.78, 5) is 11.4. The maximum Gasteiger partial charge on any atom is 0.371 e. The van der Waals surface area contributed by atoms with Crippen molar-refractivity contribution < 1.29 is 33.3 Å². The third-order valence-electron chi connectivity index (χ3n) is 4.26. The fraction of sp³-hybridized carbons (Fsp3) is 0.105. The Balaban J connectivity index is 1.66. The van der Waals surface area contributed by atoms with Gasteiger partial charge in [0, 0.05) is 11.1 Å². The smallest absolute Gasteiger partial charge is 0.371 e. The Morgan fingerprint density at radius 1 is 0.769 bits per heavy atom. The number of rotatable bonds is 3. The molecule has 0 bridgehead atoms. The van der Waals surface area contributed by atoms with Crippen molar-refractivity contribution in [3.8, 4) is 45.4 Å². The number of carbonyl (C=O) groups is 1. The van der Waals surface area contributed by atoms with E-state index in [-0.39, 0.29) is 19.3 Å². The molecule has 2 aliphatic rings. The number of hydrogen-bond donors (Lipinski definition) is 1. The highest BCUT2D eigenvalue weighted by molar-refractivity contribution is 5.91.